The van der Waals surface area contributed by atoms with Gasteiger partial charge < -0.3 is 9.64 Å². The van der Waals surface area contributed by atoms with Crippen LogP contribution in [0.5, 0.6) is 0 Å². The van der Waals surface area contributed by atoms with Crippen LogP contribution in [0.4, 0.5) is 0 Å². The molecule has 0 radical (unpaired) electrons. The van der Waals surface area contributed by atoms with E-state index >= 15 is 0 Å². The molecule has 3 rings (SSSR count). The highest BCUT2D eigenvalue weighted by Crippen LogP contribution is 2.39. The largest absolute Gasteiger partial charge is 0.384 e. The SMILES string of the molecule is COCC1CN(C)C2(C1)CN(C(=O)c1ccc(C)cn1)C2. The van der Waals surface area contributed by atoms with Gasteiger partial charge in [-0.25, -0.2) is 0 Å². The molecule has 2 saturated heterocycles. The number of likely N-dealkylation sites (N-methyl/N-ethyl adjacent to an activating group) is 1. The molecule has 1 amide bonds. The molecule has 2 aliphatic heterocycles. The standard InChI is InChI=1S/C16H23N3O2/c1-12-4-5-14(17-7-12)15(20)19-10-16(11-19)6-13(9-21-3)8-18(16)2/h4-5,7,13H,6,8-11H2,1-3H3. The van der Waals surface area contributed by atoms with E-state index in [1.54, 1.807) is 13.3 Å². The quantitative estimate of drug-likeness (QED) is 0.838. The number of rotatable bonds is 3. The van der Waals surface area contributed by atoms with Gasteiger partial charge in [0.1, 0.15) is 5.69 Å². The highest BCUT2D eigenvalue weighted by molar-refractivity contribution is 5.93. The molecular weight excluding hydrogens is 266 g/mol. The van der Waals surface area contributed by atoms with E-state index in [0.29, 0.717) is 11.6 Å². The molecule has 0 aromatic carbocycles. The fourth-order valence-corrected chi connectivity index (χ4v) is 3.62. The molecule has 5 heteroatoms. The van der Waals surface area contributed by atoms with Crippen molar-refractivity contribution in [2.75, 3.05) is 40.4 Å². The fourth-order valence-electron chi connectivity index (χ4n) is 3.62. The maximum absolute atomic E-state index is 12.4. The first-order valence-electron chi connectivity index (χ1n) is 7.46. The Kier molecular flexibility index (Phi) is 3.71. The summed E-state index contributed by atoms with van der Waals surface area (Å²) < 4.78 is 5.27. The highest BCUT2D eigenvalue weighted by atomic mass is 16.5. The average molecular weight is 289 g/mol. The molecule has 0 saturated carbocycles. The summed E-state index contributed by atoms with van der Waals surface area (Å²) in [5, 5.41) is 0. The van der Waals surface area contributed by atoms with Crippen molar-refractivity contribution in [1.82, 2.24) is 14.8 Å². The van der Waals surface area contributed by atoms with Gasteiger partial charge >= 0.3 is 0 Å². The summed E-state index contributed by atoms with van der Waals surface area (Å²) in [6.45, 7) is 5.44. The minimum atomic E-state index is 0.0456. The highest BCUT2D eigenvalue weighted by Gasteiger charge is 2.53. The Bertz CT molecular complexity index is 523. The summed E-state index contributed by atoms with van der Waals surface area (Å²) in [5.74, 6) is 0.624. The molecule has 1 atom stereocenters. The predicted molar refractivity (Wildman–Crippen MR) is 80.2 cm³/mol. The number of carbonyl (C=O) groups excluding carboxylic acids is 1. The van der Waals surface area contributed by atoms with E-state index < -0.39 is 0 Å². The number of hydrogen-bond donors (Lipinski definition) is 0. The molecular formula is C16H23N3O2. The Labute approximate surface area is 125 Å². The van der Waals surface area contributed by atoms with Crippen molar-refractivity contribution in [1.29, 1.82) is 0 Å². The van der Waals surface area contributed by atoms with Crippen molar-refractivity contribution in [3.8, 4) is 0 Å². The monoisotopic (exact) mass is 289 g/mol. The number of pyridine rings is 1. The second-order valence-corrected chi connectivity index (χ2v) is 6.51. The van der Waals surface area contributed by atoms with E-state index in [9.17, 15) is 4.79 Å². The molecule has 1 aromatic rings. The van der Waals surface area contributed by atoms with Crippen LogP contribution in [0.3, 0.4) is 0 Å². The number of likely N-dealkylation sites (tertiary alicyclic amines) is 2. The van der Waals surface area contributed by atoms with Crippen molar-refractivity contribution >= 4 is 5.91 Å². The number of carbonyl (C=O) groups is 1. The summed E-state index contributed by atoms with van der Waals surface area (Å²) in [6, 6.07) is 3.75. The third-order valence-electron chi connectivity index (χ3n) is 4.80. The third kappa shape index (κ3) is 2.56. The number of aromatic nitrogens is 1. The van der Waals surface area contributed by atoms with Crippen LogP contribution in [0.1, 0.15) is 22.5 Å². The molecule has 2 fully saturated rings. The van der Waals surface area contributed by atoms with Crippen molar-refractivity contribution in [3.63, 3.8) is 0 Å². The molecule has 5 nitrogen and oxygen atoms in total. The molecule has 0 aliphatic carbocycles. The van der Waals surface area contributed by atoms with Gasteiger partial charge in [-0.2, -0.15) is 0 Å². The topological polar surface area (TPSA) is 45.7 Å². The summed E-state index contributed by atoms with van der Waals surface area (Å²) in [5.41, 5.74) is 1.78. The molecule has 114 valence electrons. The van der Waals surface area contributed by atoms with Crippen LogP contribution in [0, 0.1) is 12.8 Å². The molecule has 1 spiro atoms. The van der Waals surface area contributed by atoms with E-state index in [0.717, 1.165) is 38.2 Å². The van der Waals surface area contributed by atoms with Gasteiger partial charge in [0.2, 0.25) is 0 Å². The Morgan fingerprint density at radius 3 is 2.86 bits per heavy atom. The van der Waals surface area contributed by atoms with Gasteiger partial charge in [0, 0.05) is 32.9 Å². The lowest BCUT2D eigenvalue weighted by atomic mass is 9.84. The van der Waals surface area contributed by atoms with Crippen LogP contribution in [0.15, 0.2) is 18.3 Å². The summed E-state index contributed by atoms with van der Waals surface area (Å²) in [6.07, 6.45) is 2.86. The molecule has 2 aliphatic rings. The van der Waals surface area contributed by atoms with E-state index in [4.69, 9.17) is 4.74 Å². The zero-order chi connectivity index (χ0) is 15.0. The number of hydrogen-bond acceptors (Lipinski definition) is 4. The van der Waals surface area contributed by atoms with Crippen LogP contribution in [-0.4, -0.2) is 66.6 Å². The maximum atomic E-state index is 12.4. The van der Waals surface area contributed by atoms with E-state index in [1.807, 2.05) is 24.0 Å². The number of ether oxygens (including phenoxy) is 1. The normalized spacial score (nSPS) is 24.3. The summed E-state index contributed by atoms with van der Waals surface area (Å²) in [7, 11) is 3.91. The predicted octanol–water partition coefficient (Wildman–Crippen LogP) is 1.18. The van der Waals surface area contributed by atoms with Gasteiger partial charge in [-0.3, -0.25) is 14.7 Å². The Morgan fingerprint density at radius 1 is 1.48 bits per heavy atom. The van der Waals surface area contributed by atoms with E-state index in [1.165, 1.54) is 0 Å². The molecule has 1 aromatic heterocycles. The minimum absolute atomic E-state index is 0.0456. The van der Waals surface area contributed by atoms with Crippen molar-refractivity contribution in [2.45, 2.75) is 18.9 Å². The summed E-state index contributed by atoms with van der Waals surface area (Å²) >= 11 is 0. The van der Waals surface area contributed by atoms with Gasteiger partial charge in [-0.1, -0.05) is 6.07 Å². The minimum Gasteiger partial charge on any atom is -0.384 e. The Hall–Kier alpha value is -1.46. The number of amides is 1. The molecule has 3 heterocycles. The van der Waals surface area contributed by atoms with Gasteiger partial charge in [-0.05, 0) is 37.9 Å². The van der Waals surface area contributed by atoms with Gasteiger partial charge in [0.25, 0.3) is 5.91 Å². The Morgan fingerprint density at radius 2 is 2.24 bits per heavy atom. The van der Waals surface area contributed by atoms with Crippen molar-refractivity contribution < 1.29 is 9.53 Å². The zero-order valence-corrected chi connectivity index (χ0v) is 13.0. The van der Waals surface area contributed by atoms with Crippen LogP contribution in [0.2, 0.25) is 0 Å². The second kappa shape index (κ2) is 5.39. The number of aryl methyl sites for hydroxylation is 1. The summed E-state index contributed by atoms with van der Waals surface area (Å²) in [4.78, 5) is 20.9. The first-order valence-corrected chi connectivity index (χ1v) is 7.46. The van der Waals surface area contributed by atoms with Crippen LogP contribution < -0.4 is 0 Å². The van der Waals surface area contributed by atoms with Crippen LogP contribution in [0.25, 0.3) is 0 Å². The molecule has 0 bridgehead atoms. The van der Waals surface area contributed by atoms with Crippen molar-refractivity contribution in [2.24, 2.45) is 5.92 Å². The average Bonchev–Trinajstić information content (AvgIpc) is 2.74. The second-order valence-electron chi connectivity index (χ2n) is 6.51. The first-order chi connectivity index (χ1) is 10.0. The zero-order valence-electron chi connectivity index (χ0n) is 13.0. The Balaban J connectivity index is 1.62. The molecule has 1 unspecified atom stereocenters. The van der Waals surface area contributed by atoms with Gasteiger partial charge in [-0.15, -0.1) is 0 Å². The third-order valence-corrected chi connectivity index (χ3v) is 4.80. The van der Waals surface area contributed by atoms with Crippen LogP contribution in [-0.2, 0) is 4.74 Å². The number of methoxy groups -OCH3 is 1. The van der Waals surface area contributed by atoms with Gasteiger partial charge in [0.05, 0.1) is 12.1 Å². The smallest absolute Gasteiger partial charge is 0.272 e. The molecule has 0 N–H and O–H groups in total. The maximum Gasteiger partial charge on any atom is 0.272 e. The molecule has 21 heavy (non-hydrogen) atoms. The lowest BCUT2D eigenvalue weighted by Crippen LogP contribution is -2.68. The lowest BCUT2D eigenvalue weighted by molar-refractivity contribution is -0.00820. The van der Waals surface area contributed by atoms with Crippen LogP contribution >= 0.6 is 0 Å². The fraction of sp³-hybridized carbons (Fsp3) is 0.625. The number of nitrogens with zero attached hydrogens (tertiary/aromatic N) is 3. The first kappa shape index (κ1) is 14.5. The lowest BCUT2D eigenvalue weighted by Gasteiger charge is -2.51. The van der Waals surface area contributed by atoms with E-state index in [2.05, 4.69) is 16.9 Å². The van der Waals surface area contributed by atoms with E-state index in [-0.39, 0.29) is 11.4 Å². The van der Waals surface area contributed by atoms with Gasteiger partial charge in [0.15, 0.2) is 0 Å². The van der Waals surface area contributed by atoms with Crippen molar-refractivity contribution in [3.05, 3.63) is 29.6 Å².